The van der Waals surface area contributed by atoms with Crippen LogP contribution in [0.3, 0.4) is 0 Å². The van der Waals surface area contributed by atoms with Crippen molar-refractivity contribution in [1.29, 1.82) is 0 Å². The molecule has 0 aromatic heterocycles. The quantitative estimate of drug-likeness (QED) is 0.355. The minimum absolute atomic E-state index is 0.0552. The van der Waals surface area contributed by atoms with Gasteiger partial charge in [0.2, 0.25) is 21.8 Å². The molecule has 4 bridgehead atoms. The number of nitrogens with one attached hydrogen (secondary N) is 3. The van der Waals surface area contributed by atoms with E-state index in [1.54, 1.807) is 4.90 Å². The Balaban J connectivity index is 1.16. The molecule has 280 valence electrons. The first kappa shape index (κ1) is 36.0. The highest BCUT2D eigenvalue weighted by molar-refractivity contribution is 7.91. The molecule has 1 aromatic rings. The van der Waals surface area contributed by atoms with Crippen LogP contribution in [0.1, 0.15) is 80.9 Å². The first-order chi connectivity index (χ1) is 25.0. The van der Waals surface area contributed by atoms with Crippen molar-refractivity contribution in [2.24, 2.45) is 11.8 Å². The highest BCUT2D eigenvalue weighted by Crippen LogP contribution is 2.45. The number of benzene rings is 1. The van der Waals surface area contributed by atoms with Crippen LogP contribution in [-0.4, -0.2) is 96.8 Å². The molecular weight excluding hydrogens is 691 g/mol. The fourth-order valence-corrected chi connectivity index (χ4v) is 9.49. The van der Waals surface area contributed by atoms with Crippen molar-refractivity contribution in [3.63, 3.8) is 0 Å². The standard InChI is InChI=1S/C37H47N5O9S/c1-2-26-20-37(26,34(45)40-52(48,49)28-14-15-28)39-32(43)30-19-27-21-42(30)33(44)31(25-10-5-6-11-25)38-35(46)50-18-7-3-4-9-23-12-8-13-24-16-17-41(22-29(23)24)36(47)51-27/h2,4,8-9,12-13,25-28,30-31H,1,3,5-7,10-11,14-22H2,(H,38,46)(H,39,43)(H,40,45)/b9-4+/t26-,27-,30+,31+,37-/m1/s1. The molecule has 6 aliphatic rings. The van der Waals surface area contributed by atoms with Crippen LogP contribution in [0.15, 0.2) is 36.9 Å². The van der Waals surface area contributed by atoms with Crippen LogP contribution in [0.25, 0.3) is 6.08 Å². The number of ether oxygens (including phenoxy) is 2. The van der Waals surface area contributed by atoms with E-state index in [0.717, 1.165) is 29.5 Å². The maximum absolute atomic E-state index is 14.5. The SMILES string of the molecule is C=C[C@@H]1C[C@]1(NC(=O)[C@@H]1C[C@@H]2CN1C(=O)[C@H](C1CCCC1)NC(=O)OCCC/C=C/c1cccc3c1CN(CC3)C(=O)O2)C(=O)NS(=O)(=O)C1CC1. The Bertz CT molecular complexity index is 1770. The lowest BCUT2D eigenvalue weighted by Gasteiger charge is -2.32. The summed E-state index contributed by atoms with van der Waals surface area (Å²) in [6, 6.07) is 3.87. The normalized spacial score (nSPS) is 30.5. The van der Waals surface area contributed by atoms with Crippen LogP contribution >= 0.6 is 0 Å². The summed E-state index contributed by atoms with van der Waals surface area (Å²) in [6.07, 6.45) is 9.38. The molecule has 0 unspecified atom stereocenters. The number of nitrogens with zero attached hydrogens (tertiary/aromatic N) is 2. The Morgan fingerprint density at radius 3 is 2.60 bits per heavy atom. The van der Waals surface area contributed by atoms with Crippen molar-refractivity contribution in [3.05, 3.63) is 53.6 Å². The van der Waals surface area contributed by atoms with Gasteiger partial charge in [-0.3, -0.25) is 19.1 Å². The number of amides is 5. The molecule has 5 atom stereocenters. The Morgan fingerprint density at radius 1 is 1.08 bits per heavy atom. The Hall–Kier alpha value is -4.40. The van der Waals surface area contributed by atoms with Gasteiger partial charge >= 0.3 is 12.2 Å². The number of hydrogen-bond acceptors (Lipinski definition) is 9. The second kappa shape index (κ2) is 14.6. The second-order valence-corrected chi connectivity index (χ2v) is 16.9. The number of carbonyl (C=O) groups is 5. The lowest BCUT2D eigenvalue weighted by molar-refractivity contribution is -0.142. The summed E-state index contributed by atoms with van der Waals surface area (Å²) in [5.74, 6) is -2.76. The van der Waals surface area contributed by atoms with Crippen LogP contribution < -0.4 is 15.4 Å². The number of cyclic esters (lactones) is 1. The molecule has 7 rings (SSSR count). The maximum Gasteiger partial charge on any atom is 0.410 e. The minimum atomic E-state index is -3.90. The molecule has 1 saturated heterocycles. The molecular formula is C37H47N5O9S. The summed E-state index contributed by atoms with van der Waals surface area (Å²) < 4.78 is 39.0. The number of fused-ring (bicyclic) bond motifs is 3. The molecule has 0 spiro atoms. The van der Waals surface area contributed by atoms with E-state index in [2.05, 4.69) is 21.9 Å². The monoisotopic (exact) mass is 737 g/mol. The van der Waals surface area contributed by atoms with Gasteiger partial charge < -0.3 is 29.9 Å². The minimum Gasteiger partial charge on any atom is -0.450 e. The van der Waals surface area contributed by atoms with Crippen LogP contribution in [0.4, 0.5) is 9.59 Å². The second-order valence-electron chi connectivity index (χ2n) is 14.9. The van der Waals surface area contributed by atoms with Crippen molar-refractivity contribution in [2.45, 2.75) is 106 Å². The summed E-state index contributed by atoms with van der Waals surface area (Å²) in [7, 11) is -3.90. The predicted molar refractivity (Wildman–Crippen MR) is 189 cm³/mol. The number of sulfonamides is 1. The smallest absolute Gasteiger partial charge is 0.410 e. The van der Waals surface area contributed by atoms with E-state index in [9.17, 15) is 32.4 Å². The van der Waals surface area contributed by atoms with Gasteiger partial charge in [0.05, 0.1) is 18.4 Å². The molecule has 3 aliphatic heterocycles. The first-order valence-corrected chi connectivity index (χ1v) is 20.0. The fourth-order valence-electron chi connectivity index (χ4n) is 8.13. The van der Waals surface area contributed by atoms with Crippen LogP contribution in [0.5, 0.6) is 0 Å². The van der Waals surface area contributed by atoms with Gasteiger partial charge in [-0.15, -0.1) is 6.58 Å². The molecule has 5 amide bonds. The van der Waals surface area contributed by atoms with E-state index in [-0.39, 0.29) is 31.9 Å². The van der Waals surface area contributed by atoms with Gasteiger partial charge in [0.15, 0.2) is 0 Å². The number of hydrogen-bond donors (Lipinski definition) is 3. The number of allylic oxidation sites excluding steroid dienone is 1. The van der Waals surface area contributed by atoms with Crippen LogP contribution in [-0.2, 0) is 46.8 Å². The van der Waals surface area contributed by atoms with E-state index >= 15 is 0 Å². The molecule has 0 radical (unpaired) electrons. The van der Waals surface area contributed by atoms with E-state index < -0.39 is 74.8 Å². The highest BCUT2D eigenvalue weighted by Gasteiger charge is 2.62. The van der Waals surface area contributed by atoms with Gasteiger partial charge in [-0.25, -0.2) is 18.0 Å². The van der Waals surface area contributed by atoms with E-state index in [0.29, 0.717) is 58.0 Å². The molecule has 3 aliphatic carbocycles. The third-order valence-corrected chi connectivity index (χ3v) is 13.2. The summed E-state index contributed by atoms with van der Waals surface area (Å²) >= 11 is 0. The lowest BCUT2D eigenvalue weighted by Crippen LogP contribution is -2.59. The van der Waals surface area contributed by atoms with Crippen molar-refractivity contribution < 1.29 is 41.9 Å². The molecule has 3 saturated carbocycles. The lowest BCUT2D eigenvalue weighted by atomic mass is 9.94. The van der Waals surface area contributed by atoms with Crippen molar-refractivity contribution in [2.75, 3.05) is 19.7 Å². The zero-order valence-electron chi connectivity index (χ0n) is 29.2. The largest absolute Gasteiger partial charge is 0.450 e. The molecule has 4 fully saturated rings. The number of carbonyl (C=O) groups excluding carboxylic acids is 5. The first-order valence-electron chi connectivity index (χ1n) is 18.5. The average molecular weight is 738 g/mol. The van der Waals surface area contributed by atoms with Crippen LogP contribution in [0.2, 0.25) is 0 Å². The van der Waals surface area contributed by atoms with Gasteiger partial charge in [0, 0.05) is 25.4 Å². The fraction of sp³-hybridized carbons (Fsp3) is 0.595. The Morgan fingerprint density at radius 2 is 1.87 bits per heavy atom. The molecule has 15 heteroatoms. The van der Waals surface area contributed by atoms with E-state index in [1.165, 1.54) is 11.0 Å². The van der Waals surface area contributed by atoms with Gasteiger partial charge in [0.1, 0.15) is 23.7 Å². The summed E-state index contributed by atoms with van der Waals surface area (Å²) in [6.45, 7) is 4.58. The molecule has 52 heavy (non-hydrogen) atoms. The van der Waals surface area contributed by atoms with Gasteiger partial charge in [-0.1, -0.05) is 49.3 Å². The summed E-state index contributed by atoms with van der Waals surface area (Å²) in [5, 5.41) is 4.91. The predicted octanol–water partition coefficient (Wildman–Crippen LogP) is 2.91. The number of alkyl carbamates (subject to hydrolysis) is 1. The van der Waals surface area contributed by atoms with Crippen molar-refractivity contribution in [1.82, 2.24) is 25.2 Å². The zero-order valence-corrected chi connectivity index (χ0v) is 30.0. The van der Waals surface area contributed by atoms with E-state index in [4.69, 9.17) is 9.47 Å². The maximum atomic E-state index is 14.5. The number of rotatable bonds is 7. The van der Waals surface area contributed by atoms with Gasteiger partial charge in [-0.05, 0) is 74.0 Å². The summed E-state index contributed by atoms with van der Waals surface area (Å²) in [5.41, 5.74) is 1.59. The van der Waals surface area contributed by atoms with Crippen molar-refractivity contribution in [3.8, 4) is 0 Å². The Labute approximate surface area is 303 Å². The molecule has 1 aromatic carbocycles. The molecule has 3 heterocycles. The van der Waals surface area contributed by atoms with Gasteiger partial charge in [0.25, 0.3) is 5.91 Å². The molecule has 3 N–H and O–H groups in total. The molecule has 14 nitrogen and oxygen atoms in total. The third-order valence-electron chi connectivity index (χ3n) is 11.4. The third kappa shape index (κ3) is 7.42. The van der Waals surface area contributed by atoms with Gasteiger partial charge in [-0.2, -0.15) is 0 Å². The zero-order chi connectivity index (χ0) is 36.6. The van der Waals surface area contributed by atoms with Crippen molar-refractivity contribution >= 4 is 46.0 Å². The highest BCUT2D eigenvalue weighted by atomic mass is 32.2. The van der Waals surface area contributed by atoms with E-state index in [1.807, 2.05) is 30.4 Å². The summed E-state index contributed by atoms with van der Waals surface area (Å²) in [4.78, 5) is 71.8. The topological polar surface area (TPSA) is 181 Å². The Kier molecular flexibility index (Phi) is 10.1. The van der Waals surface area contributed by atoms with Crippen LogP contribution in [0, 0.1) is 11.8 Å². The average Bonchev–Trinajstić information content (AvgIpc) is 4.00.